The maximum absolute atomic E-state index is 6.15. The van der Waals surface area contributed by atoms with Crippen LogP contribution in [0, 0.1) is 6.92 Å². The number of hydrogen-bond acceptors (Lipinski definition) is 1. The molecule has 0 spiro atoms. The van der Waals surface area contributed by atoms with E-state index in [1.807, 2.05) is 0 Å². The quantitative estimate of drug-likeness (QED) is 0.722. The molecule has 0 heterocycles. The molecule has 102 valence electrons. The van der Waals surface area contributed by atoms with E-state index in [2.05, 4.69) is 83.8 Å². The molecule has 0 aromatic heterocycles. The maximum atomic E-state index is 6.15. The molecule has 0 fully saturated rings. The SMILES string of the molecule is Cc1cc(C(C)(C)C)c(O[CH](C)[Al+2])c(C(C)(C)C)c1. The second-order valence-electron chi connectivity index (χ2n) is 7.51. The molecular weight excluding hydrogens is 247 g/mol. The molecule has 1 aromatic rings. The first kappa shape index (κ1) is 16.6. The molecule has 0 aliphatic heterocycles. The number of aryl methyl sites for hydroxylation is 1. The van der Waals surface area contributed by atoms with Gasteiger partial charge in [0.25, 0.3) is 0 Å². The van der Waals surface area contributed by atoms with Crippen molar-refractivity contribution >= 4 is 16.3 Å². The van der Waals surface area contributed by atoms with Gasteiger partial charge in [0.2, 0.25) is 0 Å². The van der Waals surface area contributed by atoms with Gasteiger partial charge in [-0.05, 0) is 0 Å². The van der Waals surface area contributed by atoms with E-state index in [-0.39, 0.29) is 15.8 Å². The van der Waals surface area contributed by atoms with Gasteiger partial charge in [0, 0.05) is 0 Å². The van der Waals surface area contributed by atoms with E-state index in [1.165, 1.54) is 16.7 Å². The van der Waals surface area contributed by atoms with E-state index in [4.69, 9.17) is 4.74 Å². The van der Waals surface area contributed by atoms with Gasteiger partial charge >= 0.3 is 127 Å². The third-order valence-electron chi connectivity index (χ3n) is 3.15. The molecule has 0 saturated heterocycles. The Bertz CT molecular complexity index is 412. The molecule has 0 N–H and O–H groups in total. The van der Waals surface area contributed by atoms with Crippen LogP contribution in [0.4, 0.5) is 0 Å². The van der Waals surface area contributed by atoms with Crippen LogP contribution in [0.5, 0.6) is 5.75 Å². The van der Waals surface area contributed by atoms with Crippen molar-refractivity contribution < 1.29 is 4.74 Å². The summed E-state index contributed by atoms with van der Waals surface area (Å²) in [5.74, 6) is 1.06. The van der Waals surface area contributed by atoms with E-state index < -0.39 is 0 Å². The zero-order valence-corrected chi connectivity index (χ0v) is 14.9. The van der Waals surface area contributed by atoms with Crippen LogP contribution in [-0.2, 0) is 10.8 Å². The van der Waals surface area contributed by atoms with Gasteiger partial charge in [-0.1, -0.05) is 0 Å². The van der Waals surface area contributed by atoms with Gasteiger partial charge in [-0.3, -0.25) is 0 Å². The molecule has 0 amide bonds. The first-order valence-electron chi connectivity index (χ1n) is 7.01. The van der Waals surface area contributed by atoms with Crippen molar-refractivity contribution in [2.45, 2.75) is 71.2 Å². The fraction of sp³-hybridized carbons (Fsp3) is 0.647. The van der Waals surface area contributed by atoms with Crippen molar-refractivity contribution in [3.63, 3.8) is 0 Å². The van der Waals surface area contributed by atoms with Gasteiger partial charge in [-0.15, -0.1) is 0 Å². The predicted molar refractivity (Wildman–Crippen MR) is 84.4 cm³/mol. The molecule has 1 aromatic carbocycles. The van der Waals surface area contributed by atoms with Crippen LogP contribution in [0.3, 0.4) is 0 Å². The number of benzene rings is 1. The fourth-order valence-corrected chi connectivity index (χ4v) is 2.34. The monoisotopic (exact) mass is 274 g/mol. The zero-order valence-electron chi connectivity index (χ0n) is 13.7. The topological polar surface area (TPSA) is 9.23 Å². The normalized spacial score (nSPS) is 14.4. The van der Waals surface area contributed by atoms with Gasteiger partial charge in [-0.25, -0.2) is 0 Å². The number of rotatable bonds is 2. The van der Waals surface area contributed by atoms with Crippen LogP contribution in [0.15, 0.2) is 12.1 Å². The molecule has 19 heavy (non-hydrogen) atoms. The van der Waals surface area contributed by atoms with Crippen molar-refractivity contribution in [1.82, 2.24) is 0 Å². The molecular formula is C17H27AlO+2. The van der Waals surface area contributed by atoms with Crippen LogP contribution in [0.2, 0.25) is 0 Å². The van der Waals surface area contributed by atoms with Crippen molar-refractivity contribution in [3.05, 3.63) is 28.8 Å². The summed E-state index contributed by atoms with van der Waals surface area (Å²) in [6.07, 6.45) is 0. The van der Waals surface area contributed by atoms with E-state index in [1.54, 1.807) is 0 Å². The first-order valence-corrected chi connectivity index (χ1v) is 7.67. The Hall–Kier alpha value is -0.448. The summed E-state index contributed by atoms with van der Waals surface area (Å²) in [4.78, 5) is 0.116. The Labute approximate surface area is 127 Å². The standard InChI is InChI=1S/C17H27O.Al/c1-9-18-15-13(16(3,4)5)10-12(2)11-14(15)17(6,7)8;/h9-11H,1-8H3;/q;+2. The molecule has 1 unspecified atom stereocenters. The Balaban J connectivity index is 3.58. The molecule has 2 heteroatoms. The average Bonchev–Trinajstić information content (AvgIpc) is 2.16. The Morgan fingerprint density at radius 3 is 1.58 bits per heavy atom. The van der Waals surface area contributed by atoms with Crippen LogP contribution in [0.1, 0.15) is 65.2 Å². The summed E-state index contributed by atoms with van der Waals surface area (Å²) in [5, 5.41) is 0. The summed E-state index contributed by atoms with van der Waals surface area (Å²) < 4.78 is 6.15. The summed E-state index contributed by atoms with van der Waals surface area (Å²) in [6.45, 7) is 17.7. The van der Waals surface area contributed by atoms with Crippen molar-refractivity contribution in [2.75, 3.05) is 0 Å². The zero-order chi connectivity index (χ0) is 15.0. The van der Waals surface area contributed by atoms with Gasteiger partial charge in [0.1, 0.15) is 0 Å². The number of hydrogen-bond donors (Lipinski definition) is 0. The van der Waals surface area contributed by atoms with Gasteiger partial charge < -0.3 is 0 Å². The molecule has 0 aliphatic rings. The van der Waals surface area contributed by atoms with E-state index >= 15 is 0 Å². The first-order chi connectivity index (χ1) is 8.43. The summed E-state index contributed by atoms with van der Waals surface area (Å²) in [6, 6.07) is 4.52. The number of ether oxygens (including phenoxy) is 1. The molecule has 0 bridgehead atoms. The molecule has 1 rings (SSSR count). The Kier molecular flexibility index (Phi) is 4.81. The molecule has 0 saturated carbocycles. The van der Waals surface area contributed by atoms with Crippen LogP contribution in [-0.4, -0.2) is 21.3 Å². The summed E-state index contributed by atoms with van der Waals surface area (Å²) in [7, 11) is 0. The van der Waals surface area contributed by atoms with Crippen LogP contribution in [0.25, 0.3) is 0 Å². The fourth-order valence-electron chi connectivity index (χ4n) is 2.20. The molecule has 0 aliphatic carbocycles. The molecule has 0 radical (unpaired) electrons. The summed E-state index contributed by atoms with van der Waals surface area (Å²) >= 11 is 2.72. The third-order valence-corrected chi connectivity index (χ3v) is 3.29. The predicted octanol–water partition coefficient (Wildman–Crippen LogP) is 4.48. The van der Waals surface area contributed by atoms with Crippen molar-refractivity contribution in [1.29, 1.82) is 0 Å². The van der Waals surface area contributed by atoms with Crippen LogP contribution >= 0.6 is 0 Å². The Morgan fingerprint density at radius 1 is 0.947 bits per heavy atom. The third kappa shape index (κ3) is 4.26. The second kappa shape index (κ2) is 5.51. The second-order valence-corrected chi connectivity index (χ2v) is 8.45. The molecule has 1 nitrogen and oxygen atoms in total. The van der Waals surface area contributed by atoms with Crippen molar-refractivity contribution in [2.24, 2.45) is 0 Å². The summed E-state index contributed by atoms with van der Waals surface area (Å²) in [5.41, 5.74) is 4.07. The van der Waals surface area contributed by atoms with Gasteiger partial charge in [0.05, 0.1) is 0 Å². The van der Waals surface area contributed by atoms with E-state index in [9.17, 15) is 0 Å². The van der Waals surface area contributed by atoms with E-state index in [0.29, 0.717) is 0 Å². The minimum atomic E-state index is 0.0842. The molecule has 1 atom stereocenters. The van der Waals surface area contributed by atoms with Crippen molar-refractivity contribution in [3.8, 4) is 5.75 Å². The van der Waals surface area contributed by atoms with Crippen LogP contribution < -0.4 is 4.74 Å². The minimum absolute atomic E-state index is 0.0842. The van der Waals surface area contributed by atoms with E-state index in [0.717, 1.165) is 5.75 Å². The average molecular weight is 274 g/mol. The Morgan fingerprint density at radius 2 is 1.32 bits per heavy atom. The van der Waals surface area contributed by atoms with Gasteiger partial charge in [0.15, 0.2) is 0 Å². The van der Waals surface area contributed by atoms with Gasteiger partial charge in [-0.2, -0.15) is 0 Å².